The predicted molar refractivity (Wildman–Crippen MR) is 59.5 cm³/mol. The summed E-state index contributed by atoms with van der Waals surface area (Å²) in [4.78, 5) is 3.98. The predicted octanol–water partition coefficient (Wildman–Crippen LogP) is 2.76. The quantitative estimate of drug-likeness (QED) is 0.863. The molecule has 1 aromatic heterocycles. The first-order valence-electron chi connectivity index (χ1n) is 5.02. The van der Waals surface area contributed by atoms with E-state index in [0.29, 0.717) is 5.56 Å². The third kappa shape index (κ3) is 1.88. The molecule has 1 atom stereocenters. The lowest BCUT2D eigenvalue weighted by Crippen LogP contribution is -2.23. The van der Waals surface area contributed by atoms with Crippen molar-refractivity contribution in [1.29, 1.82) is 0 Å². The van der Waals surface area contributed by atoms with E-state index >= 15 is 0 Å². The van der Waals surface area contributed by atoms with Crippen molar-refractivity contribution in [2.45, 2.75) is 12.5 Å². The van der Waals surface area contributed by atoms with E-state index in [1.54, 1.807) is 24.5 Å². The van der Waals surface area contributed by atoms with Gasteiger partial charge in [0.2, 0.25) is 0 Å². The van der Waals surface area contributed by atoms with Gasteiger partial charge < -0.3 is 5.32 Å². The molecule has 1 unspecified atom stereocenters. The molecule has 0 fully saturated rings. The Bertz CT molecular complexity index is 480. The fourth-order valence-corrected chi connectivity index (χ4v) is 1.83. The summed E-state index contributed by atoms with van der Waals surface area (Å²) < 4.78 is 25.7. The number of alkyl halides is 2. The standard InChI is InChI=1S/C12H12F2N2/c1-15-11(12(13)14)9-4-2-3-8-5-6-16-7-10(8)9/h2-7,11-12,15H,1H3. The molecule has 84 valence electrons. The summed E-state index contributed by atoms with van der Waals surface area (Å²) in [5, 5.41) is 4.32. The summed E-state index contributed by atoms with van der Waals surface area (Å²) in [5.74, 6) is 0. The molecule has 2 nitrogen and oxygen atoms in total. The summed E-state index contributed by atoms with van der Waals surface area (Å²) >= 11 is 0. The van der Waals surface area contributed by atoms with Gasteiger partial charge in [0.1, 0.15) is 0 Å². The van der Waals surface area contributed by atoms with Gasteiger partial charge in [-0.15, -0.1) is 0 Å². The van der Waals surface area contributed by atoms with Crippen molar-refractivity contribution in [3.8, 4) is 0 Å². The van der Waals surface area contributed by atoms with Crippen molar-refractivity contribution in [2.24, 2.45) is 0 Å². The smallest absolute Gasteiger partial charge is 0.257 e. The van der Waals surface area contributed by atoms with Crippen LogP contribution in [0.2, 0.25) is 0 Å². The van der Waals surface area contributed by atoms with Crippen LogP contribution in [0, 0.1) is 0 Å². The first-order chi connectivity index (χ1) is 7.74. The van der Waals surface area contributed by atoms with E-state index in [9.17, 15) is 8.78 Å². The van der Waals surface area contributed by atoms with Gasteiger partial charge in [0.25, 0.3) is 6.43 Å². The van der Waals surface area contributed by atoms with E-state index in [0.717, 1.165) is 10.8 Å². The van der Waals surface area contributed by atoms with Gasteiger partial charge in [-0.1, -0.05) is 18.2 Å². The van der Waals surface area contributed by atoms with Gasteiger partial charge in [-0.3, -0.25) is 4.98 Å². The third-order valence-corrected chi connectivity index (χ3v) is 2.62. The van der Waals surface area contributed by atoms with Crippen LogP contribution in [0.4, 0.5) is 8.78 Å². The molecule has 0 bridgehead atoms. The number of nitrogens with one attached hydrogen (secondary N) is 1. The largest absolute Gasteiger partial charge is 0.308 e. The van der Waals surface area contributed by atoms with E-state index in [1.165, 1.54) is 7.05 Å². The fraction of sp³-hybridized carbons (Fsp3) is 0.250. The maximum Gasteiger partial charge on any atom is 0.257 e. The van der Waals surface area contributed by atoms with Crippen molar-refractivity contribution >= 4 is 10.8 Å². The number of halogens is 2. The van der Waals surface area contributed by atoms with Crippen LogP contribution in [0.15, 0.2) is 36.7 Å². The molecule has 1 N–H and O–H groups in total. The lowest BCUT2D eigenvalue weighted by atomic mass is 10.0. The van der Waals surface area contributed by atoms with Gasteiger partial charge in [-0.25, -0.2) is 8.78 Å². The molecule has 0 aliphatic carbocycles. The number of hydrogen-bond donors (Lipinski definition) is 1. The first-order valence-corrected chi connectivity index (χ1v) is 5.02. The van der Waals surface area contributed by atoms with Crippen LogP contribution in [0.1, 0.15) is 11.6 Å². The van der Waals surface area contributed by atoms with E-state index in [2.05, 4.69) is 10.3 Å². The molecule has 0 amide bonds. The Hall–Kier alpha value is -1.55. The minimum Gasteiger partial charge on any atom is -0.308 e. The number of hydrogen-bond acceptors (Lipinski definition) is 2. The van der Waals surface area contributed by atoms with Gasteiger partial charge >= 0.3 is 0 Å². The fourth-order valence-electron chi connectivity index (χ4n) is 1.83. The highest BCUT2D eigenvalue weighted by Crippen LogP contribution is 2.27. The molecular formula is C12H12F2N2. The van der Waals surface area contributed by atoms with Gasteiger partial charge in [-0.05, 0) is 24.1 Å². The van der Waals surface area contributed by atoms with Gasteiger partial charge in [0.05, 0.1) is 6.04 Å². The van der Waals surface area contributed by atoms with Gasteiger partial charge in [-0.2, -0.15) is 0 Å². The SMILES string of the molecule is CNC(c1cccc2ccncc12)C(F)F. The van der Waals surface area contributed by atoms with Crippen molar-refractivity contribution in [3.63, 3.8) is 0 Å². The van der Waals surface area contributed by atoms with Crippen LogP contribution < -0.4 is 5.32 Å². The number of fused-ring (bicyclic) bond motifs is 1. The van der Waals surface area contributed by atoms with Crippen LogP contribution in [0.5, 0.6) is 0 Å². The van der Waals surface area contributed by atoms with Crippen molar-refractivity contribution in [3.05, 3.63) is 42.2 Å². The Morgan fingerprint density at radius 3 is 2.75 bits per heavy atom. The summed E-state index contributed by atoms with van der Waals surface area (Å²) in [5.41, 5.74) is 0.586. The summed E-state index contributed by atoms with van der Waals surface area (Å²) in [7, 11) is 1.53. The van der Waals surface area contributed by atoms with Crippen LogP contribution in [-0.4, -0.2) is 18.5 Å². The van der Waals surface area contributed by atoms with Crippen molar-refractivity contribution in [1.82, 2.24) is 10.3 Å². The summed E-state index contributed by atoms with van der Waals surface area (Å²) in [6, 6.07) is 6.24. The molecule has 16 heavy (non-hydrogen) atoms. The second-order valence-corrected chi connectivity index (χ2v) is 3.54. The second-order valence-electron chi connectivity index (χ2n) is 3.54. The van der Waals surface area contributed by atoms with E-state index in [4.69, 9.17) is 0 Å². The average molecular weight is 222 g/mol. The third-order valence-electron chi connectivity index (χ3n) is 2.62. The first kappa shape index (κ1) is 11.0. The summed E-state index contributed by atoms with van der Waals surface area (Å²) in [6.07, 6.45) is 0.844. The van der Waals surface area contributed by atoms with Crippen LogP contribution in [-0.2, 0) is 0 Å². The monoisotopic (exact) mass is 222 g/mol. The molecule has 0 aliphatic heterocycles. The Morgan fingerprint density at radius 1 is 1.25 bits per heavy atom. The zero-order chi connectivity index (χ0) is 11.5. The Balaban J connectivity index is 2.59. The van der Waals surface area contributed by atoms with Crippen LogP contribution >= 0.6 is 0 Å². The minimum absolute atomic E-state index is 0.586. The molecule has 2 aromatic rings. The van der Waals surface area contributed by atoms with Gasteiger partial charge in [0.15, 0.2) is 0 Å². The zero-order valence-corrected chi connectivity index (χ0v) is 8.82. The number of benzene rings is 1. The molecule has 2 rings (SSSR count). The van der Waals surface area contributed by atoms with E-state index in [1.807, 2.05) is 12.1 Å². The Labute approximate surface area is 92.3 Å². The highest BCUT2D eigenvalue weighted by Gasteiger charge is 2.21. The maximum absolute atomic E-state index is 12.8. The Morgan fingerprint density at radius 2 is 2.06 bits per heavy atom. The summed E-state index contributed by atoms with van der Waals surface area (Å²) in [6.45, 7) is 0. The number of aromatic nitrogens is 1. The highest BCUT2D eigenvalue weighted by molar-refractivity contribution is 5.85. The lowest BCUT2D eigenvalue weighted by Gasteiger charge is -2.17. The molecule has 1 aromatic carbocycles. The molecule has 0 aliphatic rings. The van der Waals surface area contributed by atoms with Crippen molar-refractivity contribution in [2.75, 3.05) is 7.05 Å². The molecule has 0 radical (unpaired) electrons. The van der Waals surface area contributed by atoms with E-state index in [-0.39, 0.29) is 0 Å². The minimum atomic E-state index is -2.43. The lowest BCUT2D eigenvalue weighted by molar-refractivity contribution is 0.103. The van der Waals surface area contributed by atoms with Crippen LogP contribution in [0.3, 0.4) is 0 Å². The van der Waals surface area contributed by atoms with E-state index < -0.39 is 12.5 Å². The Kier molecular flexibility index (Phi) is 3.10. The average Bonchev–Trinajstić information content (AvgIpc) is 2.30. The molecule has 4 heteroatoms. The van der Waals surface area contributed by atoms with Gasteiger partial charge in [0, 0.05) is 17.8 Å². The topological polar surface area (TPSA) is 24.9 Å². The molecule has 0 saturated heterocycles. The second kappa shape index (κ2) is 4.53. The zero-order valence-electron chi connectivity index (χ0n) is 8.82. The molecule has 1 heterocycles. The molecule has 0 spiro atoms. The number of nitrogens with zero attached hydrogens (tertiary/aromatic N) is 1. The van der Waals surface area contributed by atoms with Crippen molar-refractivity contribution < 1.29 is 8.78 Å². The number of pyridine rings is 1. The number of rotatable bonds is 3. The molecular weight excluding hydrogens is 210 g/mol. The van der Waals surface area contributed by atoms with Crippen LogP contribution in [0.25, 0.3) is 10.8 Å². The normalized spacial score (nSPS) is 13.2. The maximum atomic E-state index is 12.8. The highest BCUT2D eigenvalue weighted by atomic mass is 19.3. The molecule has 0 saturated carbocycles.